The maximum absolute atomic E-state index is 13.2. The molecule has 0 aliphatic carbocycles. The van der Waals surface area contributed by atoms with E-state index in [2.05, 4.69) is 14.9 Å². The normalized spacial score (nSPS) is 11.4. The number of nitrogens with zero attached hydrogens (tertiary/aromatic N) is 3. The molecular formula is C14H14F4N4OS. The quantitative estimate of drug-likeness (QED) is 0.849. The van der Waals surface area contributed by atoms with Crippen molar-refractivity contribution in [1.82, 2.24) is 19.8 Å². The predicted octanol–water partition coefficient (Wildman–Crippen LogP) is 3.35. The van der Waals surface area contributed by atoms with Crippen LogP contribution < -0.4 is 5.32 Å². The Hall–Kier alpha value is -2.23. The molecule has 0 atom stereocenters. The molecule has 2 amide bonds. The van der Waals surface area contributed by atoms with E-state index >= 15 is 0 Å². The average Bonchev–Trinajstić information content (AvgIpc) is 2.90. The molecule has 0 radical (unpaired) electrons. The summed E-state index contributed by atoms with van der Waals surface area (Å²) in [6.07, 6.45) is -4.78. The molecule has 0 spiro atoms. The second-order valence-electron chi connectivity index (χ2n) is 5.11. The van der Waals surface area contributed by atoms with Gasteiger partial charge < -0.3 is 10.2 Å². The van der Waals surface area contributed by atoms with Crippen LogP contribution in [-0.2, 0) is 19.3 Å². The number of aromatic nitrogens is 2. The average molecular weight is 362 g/mol. The topological polar surface area (TPSA) is 58.1 Å². The number of benzene rings is 1. The van der Waals surface area contributed by atoms with Gasteiger partial charge in [0, 0.05) is 13.6 Å². The number of hydrogen-bond acceptors (Lipinski definition) is 4. The summed E-state index contributed by atoms with van der Waals surface area (Å²) in [6.45, 7) is 1.90. The Morgan fingerprint density at radius 2 is 2.08 bits per heavy atom. The summed E-state index contributed by atoms with van der Waals surface area (Å²) in [5, 5.41) is 6.32. The lowest BCUT2D eigenvalue weighted by atomic mass is 10.1. The van der Waals surface area contributed by atoms with Crippen molar-refractivity contribution in [3.63, 3.8) is 0 Å². The van der Waals surface area contributed by atoms with E-state index in [0.29, 0.717) is 11.8 Å². The third-order valence-corrected chi connectivity index (χ3v) is 4.06. The molecule has 0 aliphatic heterocycles. The Morgan fingerprint density at radius 3 is 2.67 bits per heavy atom. The molecule has 0 saturated carbocycles. The van der Waals surface area contributed by atoms with Crippen molar-refractivity contribution >= 4 is 17.6 Å². The SMILES string of the molecule is Cc1nnsc1CN(C)C(=O)NCc1ccc(F)c(C(F)(F)F)c1. The summed E-state index contributed by atoms with van der Waals surface area (Å²) in [5.41, 5.74) is -0.483. The highest BCUT2D eigenvalue weighted by Crippen LogP contribution is 2.31. The smallest absolute Gasteiger partial charge is 0.334 e. The van der Waals surface area contributed by atoms with E-state index in [4.69, 9.17) is 0 Å². The molecule has 2 aromatic rings. The summed E-state index contributed by atoms with van der Waals surface area (Å²) in [5.74, 6) is -1.34. The third kappa shape index (κ3) is 4.40. The standard InChI is InChI=1S/C14H14F4N4OS/c1-8-12(24-21-20-8)7-22(2)13(23)19-6-9-3-4-11(15)10(5-9)14(16,17)18/h3-5H,6-7H2,1-2H3,(H,19,23). The number of carbonyl (C=O) groups excluding carboxylic acids is 1. The van der Waals surface area contributed by atoms with E-state index in [1.807, 2.05) is 0 Å². The molecule has 1 aromatic carbocycles. The van der Waals surface area contributed by atoms with Gasteiger partial charge in [-0.3, -0.25) is 0 Å². The van der Waals surface area contributed by atoms with Crippen molar-refractivity contribution in [2.75, 3.05) is 7.05 Å². The van der Waals surface area contributed by atoms with Crippen LogP contribution in [0, 0.1) is 12.7 Å². The second kappa shape index (κ2) is 7.12. The van der Waals surface area contributed by atoms with Crippen molar-refractivity contribution in [3.05, 3.63) is 45.7 Å². The first-order chi connectivity index (χ1) is 11.2. The van der Waals surface area contributed by atoms with Gasteiger partial charge in [-0.15, -0.1) is 5.10 Å². The number of aryl methyl sites for hydroxylation is 1. The molecule has 0 bridgehead atoms. The number of hydrogen-bond donors (Lipinski definition) is 1. The lowest BCUT2D eigenvalue weighted by Crippen LogP contribution is -2.36. The molecular weight excluding hydrogens is 348 g/mol. The number of carbonyl (C=O) groups is 1. The van der Waals surface area contributed by atoms with Gasteiger partial charge in [-0.05, 0) is 36.2 Å². The van der Waals surface area contributed by atoms with Crippen molar-refractivity contribution in [2.24, 2.45) is 0 Å². The van der Waals surface area contributed by atoms with Crippen molar-refractivity contribution in [1.29, 1.82) is 0 Å². The van der Waals surface area contributed by atoms with Crippen molar-refractivity contribution in [3.8, 4) is 0 Å². The van der Waals surface area contributed by atoms with Crippen LogP contribution in [0.1, 0.15) is 21.7 Å². The molecule has 0 saturated heterocycles. The maximum Gasteiger partial charge on any atom is 0.419 e. The van der Waals surface area contributed by atoms with E-state index in [1.54, 1.807) is 14.0 Å². The maximum atomic E-state index is 13.2. The molecule has 5 nitrogen and oxygen atoms in total. The monoisotopic (exact) mass is 362 g/mol. The predicted molar refractivity (Wildman–Crippen MR) is 79.8 cm³/mol. The Balaban J connectivity index is 1.98. The molecule has 1 heterocycles. The molecule has 0 unspecified atom stereocenters. The van der Waals surface area contributed by atoms with Crippen LogP contribution in [0.2, 0.25) is 0 Å². The molecule has 1 N–H and O–H groups in total. The van der Waals surface area contributed by atoms with Gasteiger partial charge >= 0.3 is 12.2 Å². The third-order valence-electron chi connectivity index (χ3n) is 3.25. The van der Waals surface area contributed by atoms with Crippen LogP contribution in [0.15, 0.2) is 18.2 Å². The molecule has 24 heavy (non-hydrogen) atoms. The summed E-state index contributed by atoms with van der Waals surface area (Å²) < 4.78 is 55.0. The summed E-state index contributed by atoms with van der Waals surface area (Å²) in [4.78, 5) is 14.2. The Morgan fingerprint density at radius 1 is 1.38 bits per heavy atom. The van der Waals surface area contributed by atoms with E-state index in [0.717, 1.165) is 10.9 Å². The fraction of sp³-hybridized carbons (Fsp3) is 0.357. The molecule has 130 valence electrons. The summed E-state index contributed by atoms with van der Waals surface area (Å²) in [6, 6.07) is 2.15. The van der Waals surface area contributed by atoms with E-state index < -0.39 is 23.6 Å². The largest absolute Gasteiger partial charge is 0.419 e. The number of nitrogens with one attached hydrogen (secondary N) is 1. The van der Waals surface area contributed by atoms with Gasteiger partial charge in [0.25, 0.3) is 0 Å². The molecule has 10 heteroatoms. The zero-order chi connectivity index (χ0) is 17.9. The summed E-state index contributed by atoms with van der Waals surface area (Å²) >= 11 is 1.17. The van der Waals surface area contributed by atoms with Gasteiger partial charge in [0.15, 0.2) is 0 Å². The first-order valence-electron chi connectivity index (χ1n) is 6.81. The molecule has 0 fully saturated rings. The van der Waals surface area contributed by atoms with Crippen LogP contribution in [0.5, 0.6) is 0 Å². The first-order valence-corrected chi connectivity index (χ1v) is 7.58. The molecule has 1 aromatic heterocycles. The van der Waals surface area contributed by atoms with Gasteiger partial charge in [0.05, 0.1) is 22.7 Å². The van der Waals surface area contributed by atoms with Crippen LogP contribution >= 0.6 is 11.5 Å². The fourth-order valence-electron chi connectivity index (χ4n) is 1.90. The number of halogens is 4. The Bertz CT molecular complexity index is 732. The highest BCUT2D eigenvalue weighted by atomic mass is 32.1. The van der Waals surface area contributed by atoms with Gasteiger partial charge in [-0.1, -0.05) is 10.6 Å². The zero-order valence-corrected chi connectivity index (χ0v) is 13.6. The Labute approximate surface area is 139 Å². The molecule has 2 rings (SSSR count). The zero-order valence-electron chi connectivity index (χ0n) is 12.8. The number of urea groups is 1. The van der Waals surface area contributed by atoms with Gasteiger partial charge in [0.1, 0.15) is 5.82 Å². The van der Waals surface area contributed by atoms with Crippen LogP contribution in [0.3, 0.4) is 0 Å². The van der Waals surface area contributed by atoms with Crippen LogP contribution in [0.4, 0.5) is 22.4 Å². The number of alkyl halides is 3. The molecule has 0 aliphatic rings. The van der Waals surface area contributed by atoms with Gasteiger partial charge in [-0.25, -0.2) is 9.18 Å². The lowest BCUT2D eigenvalue weighted by Gasteiger charge is -2.17. The van der Waals surface area contributed by atoms with E-state index in [1.165, 1.54) is 22.5 Å². The first kappa shape index (κ1) is 18.1. The van der Waals surface area contributed by atoms with Crippen molar-refractivity contribution in [2.45, 2.75) is 26.2 Å². The minimum absolute atomic E-state index is 0.146. The van der Waals surface area contributed by atoms with Crippen LogP contribution in [-0.4, -0.2) is 27.6 Å². The highest BCUT2D eigenvalue weighted by Gasteiger charge is 2.34. The van der Waals surface area contributed by atoms with E-state index in [-0.39, 0.29) is 18.7 Å². The number of rotatable bonds is 4. The lowest BCUT2D eigenvalue weighted by molar-refractivity contribution is -0.140. The van der Waals surface area contributed by atoms with Crippen LogP contribution in [0.25, 0.3) is 0 Å². The minimum atomic E-state index is -4.78. The van der Waals surface area contributed by atoms with Crippen molar-refractivity contribution < 1.29 is 22.4 Å². The van der Waals surface area contributed by atoms with E-state index in [9.17, 15) is 22.4 Å². The van der Waals surface area contributed by atoms with Gasteiger partial charge in [-0.2, -0.15) is 13.2 Å². The highest BCUT2D eigenvalue weighted by molar-refractivity contribution is 7.05. The Kier molecular flexibility index (Phi) is 5.37. The summed E-state index contributed by atoms with van der Waals surface area (Å²) in [7, 11) is 1.54. The number of amides is 2. The fourth-order valence-corrected chi connectivity index (χ4v) is 2.58. The second-order valence-corrected chi connectivity index (χ2v) is 5.95. The van der Waals surface area contributed by atoms with Gasteiger partial charge in [0.2, 0.25) is 0 Å². The minimum Gasteiger partial charge on any atom is -0.334 e.